The smallest absolute Gasteiger partial charge is 0.335 e. The maximum atomic E-state index is 11.3. The number of hydrogen-bond acceptors (Lipinski definition) is 3. The van der Waals surface area contributed by atoms with Crippen LogP contribution in [-0.4, -0.2) is 18.2 Å². The van der Waals surface area contributed by atoms with Gasteiger partial charge in [-0.3, -0.25) is 0 Å². The topological polar surface area (TPSA) is 58.6 Å². The predicted molar refractivity (Wildman–Crippen MR) is 92.7 cm³/mol. The average molecular weight is 321 g/mol. The summed E-state index contributed by atoms with van der Waals surface area (Å²) in [5.41, 5.74) is 3.63. The number of methoxy groups -OCH3 is 1. The minimum atomic E-state index is -0.883. The molecule has 4 nitrogen and oxygen atoms in total. The van der Waals surface area contributed by atoms with Gasteiger partial charge in [0.1, 0.15) is 5.75 Å². The molecule has 2 aliphatic rings. The van der Waals surface area contributed by atoms with Crippen molar-refractivity contribution in [2.75, 3.05) is 12.4 Å². The molecule has 0 bridgehead atoms. The zero-order valence-electron chi connectivity index (χ0n) is 13.4. The number of fused-ring (bicyclic) bond motifs is 3. The molecule has 1 heterocycles. The first-order valence-electron chi connectivity index (χ1n) is 8.12. The third kappa shape index (κ3) is 2.35. The van der Waals surface area contributed by atoms with Crippen molar-refractivity contribution in [3.63, 3.8) is 0 Å². The summed E-state index contributed by atoms with van der Waals surface area (Å²) in [6.07, 6.45) is 5.39. The minimum Gasteiger partial charge on any atom is -0.497 e. The summed E-state index contributed by atoms with van der Waals surface area (Å²) in [5.74, 6) is 0.598. The molecule has 24 heavy (non-hydrogen) atoms. The van der Waals surface area contributed by atoms with Crippen molar-refractivity contribution in [1.29, 1.82) is 0 Å². The van der Waals surface area contributed by atoms with E-state index in [-0.39, 0.29) is 12.0 Å². The van der Waals surface area contributed by atoms with Gasteiger partial charge in [0.05, 0.1) is 18.7 Å². The third-order valence-corrected chi connectivity index (χ3v) is 5.06. The summed E-state index contributed by atoms with van der Waals surface area (Å²) >= 11 is 0. The van der Waals surface area contributed by atoms with Gasteiger partial charge in [-0.05, 0) is 53.8 Å². The quantitative estimate of drug-likeness (QED) is 0.831. The van der Waals surface area contributed by atoms with Gasteiger partial charge in [0.15, 0.2) is 0 Å². The van der Waals surface area contributed by atoms with Gasteiger partial charge in [-0.2, -0.15) is 0 Å². The Morgan fingerprint density at radius 1 is 1.25 bits per heavy atom. The Labute approximate surface area is 140 Å². The summed E-state index contributed by atoms with van der Waals surface area (Å²) in [5, 5.41) is 12.9. The lowest BCUT2D eigenvalue weighted by Gasteiger charge is -2.37. The normalized spacial score (nSPS) is 24.0. The lowest BCUT2D eigenvalue weighted by atomic mass is 9.76. The van der Waals surface area contributed by atoms with Gasteiger partial charge in [0.2, 0.25) is 0 Å². The molecule has 0 saturated heterocycles. The highest BCUT2D eigenvalue weighted by Crippen LogP contribution is 2.50. The second-order valence-corrected chi connectivity index (χ2v) is 6.36. The van der Waals surface area contributed by atoms with E-state index in [9.17, 15) is 9.90 Å². The van der Waals surface area contributed by atoms with Crippen molar-refractivity contribution in [1.82, 2.24) is 0 Å². The summed E-state index contributed by atoms with van der Waals surface area (Å²) in [6, 6.07) is 13.7. The van der Waals surface area contributed by atoms with Crippen LogP contribution in [0.3, 0.4) is 0 Å². The molecule has 1 aliphatic carbocycles. The highest BCUT2D eigenvalue weighted by Gasteiger charge is 2.38. The number of benzene rings is 2. The van der Waals surface area contributed by atoms with Crippen LogP contribution < -0.4 is 10.1 Å². The minimum absolute atomic E-state index is 0.184. The molecule has 2 N–H and O–H groups in total. The van der Waals surface area contributed by atoms with E-state index in [0.717, 1.165) is 23.4 Å². The van der Waals surface area contributed by atoms with Crippen LogP contribution in [0.2, 0.25) is 0 Å². The first-order chi connectivity index (χ1) is 11.7. The van der Waals surface area contributed by atoms with Crippen LogP contribution in [0, 0.1) is 5.92 Å². The molecule has 0 aromatic heterocycles. The monoisotopic (exact) mass is 321 g/mol. The Balaban J connectivity index is 1.76. The van der Waals surface area contributed by atoms with E-state index in [1.165, 1.54) is 5.56 Å². The molecule has 122 valence electrons. The first-order valence-corrected chi connectivity index (χ1v) is 8.12. The predicted octanol–water partition coefficient (Wildman–Crippen LogP) is 4.22. The maximum absolute atomic E-state index is 11.3. The Morgan fingerprint density at radius 2 is 2.12 bits per heavy atom. The molecule has 4 rings (SSSR count). The van der Waals surface area contributed by atoms with E-state index in [1.807, 2.05) is 18.2 Å². The molecule has 3 atom stereocenters. The van der Waals surface area contributed by atoms with E-state index in [0.29, 0.717) is 11.5 Å². The number of nitrogens with one attached hydrogen (secondary N) is 1. The van der Waals surface area contributed by atoms with Gasteiger partial charge < -0.3 is 15.2 Å². The van der Waals surface area contributed by atoms with Gasteiger partial charge in [-0.1, -0.05) is 24.3 Å². The second kappa shape index (κ2) is 5.71. The van der Waals surface area contributed by atoms with Gasteiger partial charge in [-0.15, -0.1) is 0 Å². The van der Waals surface area contributed by atoms with E-state index in [1.54, 1.807) is 19.2 Å². The number of carboxylic acids is 1. The van der Waals surface area contributed by atoms with Crippen molar-refractivity contribution < 1.29 is 14.6 Å². The lowest BCUT2D eigenvalue weighted by Crippen LogP contribution is -2.29. The number of aromatic carboxylic acids is 1. The third-order valence-electron chi connectivity index (χ3n) is 5.06. The molecular weight excluding hydrogens is 302 g/mol. The summed E-state index contributed by atoms with van der Waals surface area (Å²) in [7, 11) is 1.68. The zero-order valence-corrected chi connectivity index (χ0v) is 13.4. The number of anilines is 1. The van der Waals surface area contributed by atoms with Crippen LogP contribution in [0.25, 0.3) is 0 Å². The van der Waals surface area contributed by atoms with E-state index in [2.05, 4.69) is 29.6 Å². The molecule has 0 fully saturated rings. The van der Waals surface area contributed by atoms with Crippen molar-refractivity contribution in [3.8, 4) is 5.75 Å². The molecular formula is C20H19NO3. The number of allylic oxidation sites excluding steroid dienone is 2. The van der Waals surface area contributed by atoms with E-state index >= 15 is 0 Å². The molecule has 0 saturated carbocycles. The zero-order chi connectivity index (χ0) is 16.7. The fourth-order valence-electron chi connectivity index (χ4n) is 3.89. The first kappa shape index (κ1) is 14.8. The fraction of sp³-hybridized carbons (Fsp3) is 0.250. The molecule has 4 heteroatoms. The lowest BCUT2D eigenvalue weighted by molar-refractivity contribution is 0.0696. The van der Waals surface area contributed by atoms with Crippen molar-refractivity contribution in [3.05, 3.63) is 71.3 Å². The molecule has 2 aromatic carbocycles. The molecule has 0 unspecified atom stereocenters. The highest BCUT2D eigenvalue weighted by atomic mass is 16.5. The Morgan fingerprint density at radius 3 is 2.92 bits per heavy atom. The standard InChI is InChI=1S/C20H19NO3/c1-24-14-5-2-4-12(10-14)19-16-7-3-6-15(16)17-11-13(20(22)23)8-9-18(17)21-19/h2-6,8-11,15-16,19,21H,7H2,1H3,(H,22,23)/t15-,16+,19+/m1/s1. The summed E-state index contributed by atoms with van der Waals surface area (Å²) < 4.78 is 5.36. The van der Waals surface area contributed by atoms with E-state index < -0.39 is 5.97 Å². The van der Waals surface area contributed by atoms with Crippen LogP contribution in [0.5, 0.6) is 5.75 Å². The molecule has 0 radical (unpaired) electrons. The van der Waals surface area contributed by atoms with Gasteiger partial charge in [0.25, 0.3) is 0 Å². The highest BCUT2D eigenvalue weighted by molar-refractivity contribution is 5.89. The van der Waals surface area contributed by atoms with E-state index in [4.69, 9.17) is 4.74 Å². The van der Waals surface area contributed by atoms with Crippen LogP contribution in [0.4, 0.5) is 5.69 Å². The molecule has 0 amide bonds. The fourth-order valence-corrected chi connectivity index (χ4v) is 3.89. The Kier molecular flexibility index (Phi) is 3.53. The van der Waals surface area contributed by atoms with Crippen LogP contribution in [-0.2, 0) is 0 Å². The summed E-state index contributed by atoms with van der Waals surface area (Å²) in [4.78, 5) is 11.3. The van der Waals surface area contributed by atoms with Crippen molar-refractivity contribution in [2.24, 2.45) is 5.92 Å². The number of rotatable bonds is 3. The maximum Gasteiger partial charge on any atom is 0.335 e. The van der Waals surface area contributed by atoms with Gasteiger partial charge >= 0.3 is 5.97 Å². The van der Waals surface area contributed by atoms with Crippen LogP contribution in [0.15, 0.2) is 54.6 Å². The second-order valence-electron chi connectivity index (χ2n) is 6.36. The van der Waals surface area contributed by atoms with Crippen LogP contribution in [0.1, 0.15) is 39.9 Å². The number of ether oxygens (including phenoxy) is 1. The number of hydrogen-bond donors (Lipinski definition) is 2. The van der Waals surface area contributed by atoms with Crippen molar-refractivity contribution >= 4 is 11.7 Å². The molecule has 1 aliphatic heterocycles. The largest absolute Gasteiger partial charge is 0.497 e. The SMILES string of the molecule is COc1cccc([C@@H]2Nc3ccc(C(=O)O)cc3[C@@H]3C=CC[C@@H]32)c1. The molecule has 2 aromatic rings. The van der Waals surface area contributed by atoms with Gasteiger partial charge in [0, 0.05) is 11.6 Å². The van der Waals surface area contributed by atoms with Crippen LogP contribution >= 0.6 is 0 Å². The molecule has 0 spiro atoms. The summed E-state index contributed by atoms with van der Waals surface area (Å²) in [6.45, 7) is 0. The number of carboxylic acid groups (broad SMARTS) is 1. The Bertz CT molecular complexity index is 827. The van der Waals surface area contributed by atoms with Gasteiger partial charge in [-0.25, -0.2) is 4.79 Å². The number of carbonyl (C=O) groups is 1. The van der Waals surface area contributed by atoms with Crippen molar-refractivity contribution in [2.45, 2.75) is 18.4 Å². The average Bonchev–Trinajstić information content (AvgIpc) is 3.10. The Hall–Kier alpha value is -2.75.